The van der Waals surface area contributed by atoms with Crippen LogP contribution in [0.3, 0.4) is 0 Å². The number of fused-ring (bicyclic) bond motifs is 1. The number of rotatable bonds is 1. The highest BCUT2D eigenvalue weighted by Gasteiger charge is 2.34. The van der Waals surface area contributed by atoms with Crippen molar-refractivity contribution < 1.29 is 0 Å². The van der Waals surface area contributed by atoms with Gasteiger partial charge in [-0.3, -0.25) is 0 Å². The van der Waals surface area contributed by atoms with Crippen molar-refractivity contribution in [2.24, 2.45) is 5.92 Å². The van der Waals surface area contributed by atoms with E-state index in [2.05, 4.69) is 37.5 Å². The summed E-state index contributed by atoms with van der Waals surface area (Å²) in [7, 11) is 0. The summed E-state index contributed by atoms with van der Waals surface area (Å²) in [5.41, 5.74) is 0. The van der Waals surface area contributed by atoms with Gasteiger partial charge in [0.2, 0.25) is 0 Å². The molecule has 0 amide bonds. The smallest absolute Gasteiger partial charge is 0.145 e. The third-order valence-corrected chi connectivity index (χ3v) is 4.92. The van der Waals surface area contributed by atoms with Crippen LogP contribution in [0.4, 0.5) is 5.82 Å². The Morgan fingerprint density at radius 1 is 1.18 bits per heavy atom. The first-order valence-electron chi connectivity index (χ1n) is 6.58. The van der Waals surface area contributed by atoms with E-state index in [0.29, 0.717) is 0 Å². The van der Waals surface area contributed by atoms with Crippen molar-refractivity contribution in [1.82, 2.24) is 9.97 Å². The van der Waals surface area contributed by atoms with Gasteiger partial charge in [0.25, 0.3) is 0 Å². The molecule has 1 saturated carbocycles. The Hall–Kier alpha value is -0.390. The van der Waals surface area contributed by atoms with Crippen molar-refractivity contribution in [1.29, 1.82) is 0 Å². The molecule has 2 fully saturated rings. The van der Waals surface area contributed by atoms with Crippen molar-refractivity contribution in [2.45, 2.75) is 44.6 Å². The third-order valence-electron chi connectivity index (χ3n) is 4.16. The van der Waals surface area contributed by atoms with Crippen LogP contribution in [0.5, 0.6) is 0 Å². The molecule has 3 nitrogen and oxygen atoms in total. The number of halogens is 1. The minimum absolute atomic E-state index is 0.737. The second kappa shape index (κ2) is 5.08. The molecule has 1 aliphatic carbocycles. The largest absolute Gasteiger partial charge is 0.352 e. The van der Waals surface area contributed by atoms with Crippen LogP contribution in [-0.2, 0) is 0 Å². The minimum atomic E-state index is 0.737. The Balaban J connectivity index is 1.88. The topological polar surface area (TPSA) is 29.0 Å². The van der Waals surface area contributed by atoms with Gasteiger partial charge in [0, 0.05) is 18.8 Å². The van der Waals surface area contributed by atoms with Gasteiger partial charge in [-0.15, -0.1) is 0 Å². The highest BCUT2D eigenvalue weighted by Crippen LogP contribution is 2.37. The normalized spacial score (nSPS) is 28.9. The molecule has 0 radical (unpaired) electrons. The van der Waals surface area contributed by atoms with Gasteiger partial charge < -0.3 is 4.90 Å². The fourth-order valence-corrected chi connectivity index (χ4v) is 4.02. The molecule has 0 N–H and O–H groups in total. The van der Waals surface area contributed by atoms with Crippen LogP contribution in [0.15, 0.2) is 12.5 Å². The maximum absolute atomic E-state index is 4.50. The fourth-order valence-electron chi connectivity index (χ4n) is 3.41. The van der Waals surface area contributed by atoms with Gasteiger partial charge in [0.15, 0.2) is 0 Å². The molecule has 3 rings (SSSR count). The van der Waals surface area contributed by atoms with E-state index in [9.17, 15) is 0 Å². The number of piperidine rings is 1. The molecule has 2 atom stereocenters. The molecule has 17 heavy (non-hydrogen) atoms. The Morgan fingerprint density at radius 3 is 2.88 bits per heavy atom. The molecule has 92 valence electrons. The van der Waals surface area contributed by atoms with E-state index in [4.69, 9.17) is 0 Å². The SMILES string of the molecule is Ic1cncnc1N1CCC[C@H]2CCCC[C@H]21. The van der Waals surface area contributed by atoms with Crippen molar-refractivity contribution in [3.05, 3.63) is 16.1 Å². The minimum Gasteiger partial charge on any atom is -0.352 e. The number of nitrogens with zero attached hydrogens (tertiary/aromatic N) is 3. The number of hydrogen-bond acceptors (Lipinski definition) is 3. The summed E-state index contributed by atoms with van der Waals surface area (Å²) in [4.78, 5) is 11.2. The zero-order valence-corrected chi connectivity index (χ0v) is 12.1. The molecular formula is C13H18IN3. The maximum Gasteiger partial charge on any atom is 0.145 e. The van der Waals surface area contributed by atoms with E-state index < -0.39 is 0 Å². The number of aromatic nitrogens is 2. The molecule has 0 spiro atoms. The molecular weight excluding hydrogens is 325 g/mol. The highest BCUT2D eigenvalue weighted by atomic mass is 127. The van der Waals surface area contributed by atoms with Crippen molar-refractivity contribution in [3.63, 3.8) is 0 Å². The van der Waals surface area contributed by atoms with Crippen LogP contribution in [0.1, 0.15) is 38.5 Å². The van der Waals surface area contributed by atoms with E-state index in [1.807, 2.05) is 6.20 Å². The molecule has 1 saturated heterocycles. The van der Waals surface area contributed by atoms with Gasteiger partial charge in [-0.25, -0.2) is 9.97 Å². The molecule has 1 aromatic heterocycles. The summed E-state index contributed by atoms with van der Waals surface area (Å²) < 4.78 is 1.19. The molecule has 4 heteroatoms. The predicted molar refractivity (Wildman–Crippen MR) is 77.1 cm³/mol. The first-order valence-corrected chi connectivity index (χ1v) is 7.66. The standard InChI is InChI=1S/C13H18IN3/c14-11-8-15-9-16-13(11)17-7-3-5-10-4-1-2-6-12(10)17/h8-10,12H,1-7H2/t10-,12-/m1/s1. The Morgan fingerprint density at radius 2 is 2.00 bits per heavy atom. The molecule has 0 bridgehead atoms. The van der Waals surface area contributed by atoms with Crippen LogP contribution in [-0.4, -0.2) is 22.6 Å². The van der Waals surface area contributed by atoms with E-state index >= 15 is 0 Å². The van der Waals surface area contributed by atoms with Crippen molar-refractivity contribution in [2.75, 3.05) is 11.4 Å². The summed E-state index contributed by atoms with van der Waals surface area (Å²) in [5, 5.41) is 0. The maximum atomic E-state index is 4.50. The Bertz CT molecular complexity index is 394. The lowest BCUT2D eigenvalue weighted by Gasteiger charge is -2.45. The predicted octanol–water partition coefficient (Wildman–Crippen LogP) is 3.24. The fraction of sp³-hybridized carbons (Fsp3) is 0.692. The Kier molecular flexibility index (Phi) is 3.49. The van der Waals surface area contributed by atoms with Crippen LogP contribution in [0.25, 0.3) is 0 Å². The van der Waals surface area contributed by atoms with E-state index in [1.54, 1.807) is 6.33 Å². The first-order chi connectivity index (χ1) is 8.36. The summed E-state index contributed by atoms with van der Waals surface area (Å²) in [6.45, 7) is 1.17. The quantitative estimate of drug-likeness (QED) is 0.733. The summed E-state index contributed by atoms with van der Waals surface area (Å²) in [6, 6.07) is 0.737. The average molecular weight is 343 g/mol. The third kappa shape index (κ3) is 2.28. The van der Waals surface area contributed by atoms with Gasteiger partial charge in [0.1, 0.15) is 12.1 Å². The molecule has 0 unspecified atom stereocenters. The van der Waals surface area contributed by atoms with Crippen molar-refractivity contribution >= 4 is 28.4 Å². The summed E-state index contributed by atoms with van der Waals surface area (Å²) in [5.74, 6) is 2.07. The van der Waals surface area contributed by atoms with Gasteiger partial charge in [-0.2, -0.15) is 0 Å². The molecule has 2 heterocycles. The van der Waals surface area contributed by atoms with Crippen LogP contribution in [0.2, 0.25) is 0 Å². The zero-order chi connectivity index (χ0) is 11.7. The number of anilines is 1. The van der Waals surface area contributed by atoms with Crippen LogP contribution >= 0.6 is 22.6 Å². The van der Waals surface area contributed by atoms with Gasteiger partial charge in [0.05, 0.1) is 3.57 Å². The van der Waals surface area contributed by atoms with E-state index in [1.165, 1.54) is 48.6 Å². The lowest BCUT2D eigenvalue weighted by atomic mass is 9.78. The summed E-state index contributed by atoms with van der Waals surface area (Å²) in [6.07, 6.45) is 11.9. The first kappa shape index (κ1) is 11.7. The summed E-state index contributed by atoms with van der Waals surface area (Å²) >= 11 is 2.36. The number of hydrogen-bond donors (Lipinski definition) is 0. The van der Waals surface area contributed by atoms with Crippen LogP contribution < -0.4 is 4.90 Å². The second-order valence-corrected chi connectivity index (χ2v) is 6.30. The average Bonchev–Trinajstić information content (AvgIpc) is 2.39. The van der Waals surface area contributed by atoms with Crippen molar-refractivity contribution in [3.8, 4) is 0 Å². The zero-order valence-electron chi connectivity index (χ0n) is 9.98. The van der Waals surface area contributed by atoms with Gasteiger partial charge in [-0.1, -0.05) is 12.8 Å². The highest BCUT2D eigenvalue weighted by molar-refractivity contribution is 14.1. The van der Waals surface area contributed by atoms with E-state index in [0.717, 1.165) is 17.8 Å². The molecule has 0 aromatic carbocycles. The van der Waals surface area contributed by atoms with Crippen LogP contribution in [0, 0.1) is 9.49 Å². The monoisotopic (exact) mass is 343 g/mol. The van der Waals surface area contributed by atoms with E-state index in [-0.39, 0.29) is 0 Å². The van der Waals surface area contributed by atoms with Gasteiger partial charge in [-0.05, 0) is 54.2 Å². The van der Waals surface area contributed by atoms with Gasteiger partial charge >= 0.3 is 0 Å². The lowest BCUT2D eigenvalue weighted by Crippen LogP contribution is -2.47. The second-order valence-electron chi connectivity index (χ2n) is 5.14. The molecule has 1 aliphatic heterocycles. The lowest BCUT2D eigenvalue weighted by molar-refractivity contribution is 0.242. The Labute approximate surface area is 116 Å². The molecule has 2 aliphatic rings. The molecule has 1 aromatic rings.